The van der Waals surface area contributed by atoms with Gasteiger partial charge in [0.1, 0.15) is 0 Å². The number of nitrogens with two attached hydrogens (primary N) is 1. The van der Waals surface area contributed by atoms with Gasteiger partial charge in [0.05, 0.1) is 0 Å². The highest BCUT2D eigenvalue weighted by Gasteiger charge is 2.33. The minimum Gasteiger partial charge on any atom is -0.441 e. The van der Waals surface area contributed by atoms with Crippen molar-refractivity contribution in [3.05, 3.63) is 0 Å². The fourth-order valence-corrected chi connectivity index (χ4v) is 12.6. The summed E-state index contributed by atoms with van der Waals surface area (Å²) >= 11 is 0. The second-order valence-electron chi connectivity index (χ2n) is 5.86. The zero-order valence-electron chi connectivity index (χ0n) is 13.3. The van der Waals surface area contributed by atoms with Gasteiger partial charge in [-0.25, -0.2) is 0 Å². The molecule has 1 fully saturated rings. The van der Waals surface area contributed by atoms with Gasteiger partial charge in [0, 0.05) is 6.61 Å². The zero-order valence-corrected chi connectivity index (χ0v) is 18.1. The molecule has 20 heavy (non-hydrogen) atoms. The maximum Gasteiger partial charge on any atom is 0.316 e. The van der Waals surface area contributed by atoms with Gasteiger partial charge in [0.15, 0.2) is 8.32 Å². The number of hydrogen-bond donors (Lipinski definition) is 1. The lowest BCUT2D eigenvalue weighted by Gasteiger charge is -2.32. The van der Waals surface area contributed by atoms with Crippen molar-refractivity contribution in [2.45, 2.75) is 57.4 Å². The lowest BCUT2D eigenvalue weighted by molar-refractivity contribution is 0.257. The predicted octanol–water partition coefficient (Wildman–Crippen LogP) is 0.860. The smallest absolute Gasteiger partial charge is 0.316 e. The average molecular weight is 354 g/mol. The highest BCUT2D eigenvalue weighted by atomic mass is 28.5. The SMILES string of the molecule is CC[Si]1(C)CCCCO[SiH2]O[Si](C)(CCCN)O[SiH2]O1. The second-order valence-corrected chi connectivity index (χ2v) is 17.1. The first-order chi connectivity index (χ1) is 9.54. The Morgan fingerprint density at radius 1 is 1.10 bits per heavy atom. The maximum absolute atomic E-state index is 6.28. The molecule has 2 unspecified atom stereocenters. The average Bonchev–Trinajstić information content (AvgIpc) is 2.43. The van der Waals surface area contributed by atoms with Crippen LogP contribution in [-0.2, 0) is 16.8 Å². The standard InChI is InChI=1S/C11H31NO4Si4/c1-4-19(2)10-6-5-9-13-17-15-20(3,11-7-8-12)16-18-14-19/h4-12,17-18H2,1-3H3. The zero-order chi connectivity index (χ0) is 14.9. The van der Waals surface area contributed by atoms with Crippen LogP contribution in [0, 0.1) is 0 Å². The lowest BCUT2D eigenvalue weighted by Crippen LogP contribution is -2.45. The van der Waals surface area contributed by atoms with Crippen molar-refractivity contribution >= 4 is 36.9 Å². The van der Waals surface area contributed by atoms with E-state index in [0.717, 1.165) is 25.5 Å². The number of rotatable bonds is 4. The third kappa shape index (κ3) is 7.09. The molecule has 2 atom stereocenters. The monoisotopic (exact) mass is 353 g/mol. The van der Waals surface area contributed by atoms with Gasteiger partial charge < -0.3 is 22.5 Å². The number of hydrogen-bond acceptors (Lipinski definition) is 5. The first-order valence-electron chi connectivity index (χ1n) is 7.73. The molecule has 1 saturated heterocycles. The molecule has 9 heteroatoms. The van der Waals surface area contributed by atoms with Crippen molar-refractivity contribution in [1.82, 2.24) is 0 Å². The fourth-order valence-electron chi connectivity index (χ4n) is 2.18. The van der Waals surface area contributed by atoms with Crippen LogP contribution in [0.1, 0.15) is 26.2 Å². The van der Waals surface area contributed by atoms with Crippen LogP contribution in [0.25, 0.3) is 0 Å². The van der Waals surface area contributed by atoms with E-state index < -0.39 is 36.9 Å². The van der Waals surface area contributed by atoms with Crippen LogP contribution in [0.3, 0.4) is 0 Å². The molecule has 0 aromatic heterocycles. The summed E-state index contributed by atoms with van der Waals surface area (Å²) in [4.78, 5) is 0. The fraction of sp³-hybridized carbons (Fsp3) is 1.00. The minimum absolute atomic E-state index is 0.696. The molecular formula is C11H31NO4Si4. The minimum atomic E-state index is -2.09. The van der Waals surface area contributed by atoms with Crippen molar-refractivity contribution in [2.24, 2.45) is 5.73 Å². The van der Waals surface area contributed by atoms with Crippen molar-refractivity contribution in [3.63, 3.8) is 0 Å². The molecular weight excluding hydrogens is 322 g/mol. The molecule has 0 amide bonds. The molecule has 0 aliphatic carbocycles. The van der Waals surface area contributed by atoms with Crippen molar-refractivity contribution in [2.75, 3.05) is 13.2 Å². The van der Waals surface area contributed by atoms with Crippen LogP contribution in [0.4, 0.5) is 0 Å². The summed E-state index contributed by atoms with van der Waals surface area (Å²) < 4.78 is 24.2. The van der Waals surface area contributed by atoms with E-state index in [1.807, 2.05) is 0 Å². The van der Waals surface area contributed by atoms with E-state index in [4.69, 9.17) is 22.5 Å². The summed E-state index contributed by atoms with van der Waals surface area (Å²) in [5, 5.41) is 0. The highest BCUT2D eigenvalue weighted by molar-refractivity contribution is 6.78. The molecule has 0 aromatic rings. The Balaban J connectivity index is 2.57. The van der Waals surface area contributed by atoms with Crippen LogP contribution in [0.2, 0.25) is 31.2 Å². The van der Waals surface area contributed by atoms with E-state index in [1.54, 1.807) is 0 Å². The molecule has 1 rings (SSSR count). The molecule has 120 valence electrons. The normalized spacial score (nSPS) is 36.6. The van der Waals surface area contributed by atoms with Crippen LogP contribution in [-0.4, -0.2) is 50.0 Å². The van der Waals surface area contributed by atoms with Crippen molar-refractivity contribution in [1.29, 1.82) is 0 Å². The van der Waals surface area contributed by atoms with Gasteiger partial charge in [-0.3, -0.25) is 0 Å². The molecule has 5 nitrogen and oxygen atoms in total. The van der Waals surface area contributed by atoms with Crippen LogP contribution < -0.4 is 5.73 Å². The van der Waals surface area contributed by atoms with Gasteiger partial charge in [0.2, 0.25) is 0 Å². The van der Waals surface area contributed by atoms with E-state index in [-0.39, 0.29) is 0 Å². The van der Waals surface area contributed by atoms with Gasteiger partial charge in [-0.2, -0.15) is 0 Å². The summed E-state index contributed by atoms with van der Waals surface area (Å²) in [7, 11) is -5.48. The third-order valence-electron chi connectivity index (χ3n) is 4.05. The van der Waals surface area contributed by atoms with Crippen LogP contribution in [0.5, 0.6) is 0 Å². The Bertz CT molecular complexity index is 277. The molecule has 1 aliphatic rings. The van der Waals surface area contributed by atoms with Gasteiger partial charge in [-0.05, 0) is 50.6 Å². The van der Waals surface area contributed by atoms with E-state index in [1.165, 1.54) is 18.5 Å². The topological polar surface area (TPSA) is 62.9 Å². The summed E-state index contributed by atoms with van der Waals surface area (Å²) in [5.41, 5.74) is 5.62. The molecule has 0 aromatic carbocycles. The van der Waals surface area contributed by atoms with Gasteiger partial charge in [0.25, 0.3) is 20.0 Å². The maximum atomic E-state index is 6.28. The van der Waals surface area contributed by atoms with Gasteiger partial charge >= 0.3 is 8.56 Å². The summed E-state index contributed by atoms with van der Waals surface area (Å²) in [6.07, 6.45) is 3.31. The molecule has 1 aliphatic heterocycles. The van der Waals surface area contributed by atoms with Crippen molar-refractivity contribution < 1.29 is 16.8 Å². The molecule has 0 radical (unpaired) electrons. The molecule has 2 N–H and O–H groups in total. The van der Waals surface area contributed by atoms with Gasteiger partial charge in [-0.15, -0.1) is 0 Å². The van der Waals surface area contributed by atoms with E-state index in [0.29, 0.717) is 6.54 Å². The molecule has 1 heterocycles. The first kappa shape index (κ1) is 18.7. The summed E-state index contributed by atoms with van der Waals surface area (Å²) in [6, 6.07) is 3.36. The Hall–Kier alpha value is 0.668. The summed E-state index contributed by atoms with van der Waals surface area (Å²) in [5.74, 6) is 0. The molecule has 0 saturated carbocycles. The van der Waals surface area contributed by atoms with E-state index in [2.05, 4.69) is 20.0 Å². The largest absolute Gasteiger partial charge is 0.441 e. The highest BCUT2D eigenvalue weighted by Crippen LogP contribution is 2.22. The van der Waals surface area contributed by atoms with E-state index >= 15 is 0 Å². The Labute approximate surface area is 130 Å². The van der Waals surface area contributed by atoms with Crippen molar-refractivity contribution in [3.8, 4) is 0 Å². The summed E-state index contributed by atoms with van der Waals surface area (Å²) in [6.45, 7) is 8.26. The van der Waals surface area contributed by atoms with E-state index in [9.17, 15) is 0 Å². The van der Waals surface area contributed by atoms with Gasteiger partial charge in [-0.1, -0.05) is 13.3 Å². The predicted molar refractivity (Wildman–Crippen MR) is 92.5 cm³/mol. The quantitative estimate of drug-likeness (QED) is 0.760. The first-order valence-corrected chi connectivity index (χ1v) is 15.4. The third-order valence-corrected chi connectivity index (χ3v) is 17.8. The molecule has 0 spiro atoms. The van der Waals surface area contributed by atoms with Crippen LogP contribution >= 0.6 is 0 Å². The Kier molecular flexibility index (Phi) is 9.02. The van der Waals surface area contributed by atoms with Crippen LogP contribution in [0.15, 0.2) is 0 Å². The molecule has 0 bridgehead atoms. The Morgan fingerprint density at radius 2 is 1.85 bits per heavy atom. The lowest BCUT2D eigenvalue weighted by atomic mass is 10.4. The Morgan fingerprint density at radius 3 is 2.55 bits per heavy atom. The second kappa shape index (κ2) is 9.64.